The number of imidazole rings is 1. The Bertz CT molecular complexity index is 664. The van der Waals surface area contributed by atoms with E-state index in [-0.39, 0.29) is 17.1 Å². The smallest absolute Gasteiger partial charge is 0.231 e. The Morgan fingerprint density at radius 3 is 2.59 bits per heavy atom. The van der Waals surface area contributed by atoms with Crippen molar-refractivity contribution in [3.8, 4) is 0 Å². The molecule has 0 spiro atoms. The summed E-state index contributed by atoms with van der Waals surface area (Å²) in [6.07, 6.45) is 6.08. The van der Waals surface area contributed by atoms with E-state index in [1.54, 1.807) is 24.7 Å². The lowest BCUT2D eigenvalue weighted by molar-refractivity contribution is -0.124. The summed E-state index contributed by atoms with van der Waals surface area (Å²) in [4.78, 5) is 16.7. The number of hydrogen-bond donors (Lipinski definition) is 1. The standard InChI is InChI=1S/C17H20FN3O/c1-16(2)11-17(16,13-3-5-14(18)6-4-13)15(22)20-8-10-21-9-7-19-12-21/h3-7,9,12H,8,10-11H2,1-2H3,(H,20,22). The molecule has 116 valence electrons. The summed E-state index contributed by atoms with van der Waals surface area (Å²) < 4.78 is 15.1. The molecule has 0 bridgehead atoms. The van der Waals surface area contributed by atoms with Crippen LogP contribution in [0.1, 0.15) is 25.8 Å². The number of benzene rings is 1. The second-order valence-corrected chi connectivity index (χ2v) is 6.53. The van der Waals surface area contributed by atoms with Crippen LogP contribution in [0.5, 0.6) is 0 Å². The van der Waals surface area contributed by atoms with E-state index in [0.717, 1.165) is 12.0 Å². The molecule has 5 heteroatoms. The zero-order valence-electron chi connectivity index (χ0n) is 12.8. The summed E-state index contributed by atoms with van der Waals surface area (Å²) in [5.41, 5.74) is 0.235. The molecular formula is C17H20FN3O. The minimum atomic E-state index is -0.546. The summed E-state index contributed by atoms with van der Waals surface area (Å²) >= 11 is 0. The van der Waals surface area contributed by atoms with Crippen LogP contribution in [0.25, 0.3) is 0 Å². The number of aromatic nitrogens is 2. The first-order valence-corrected chi connectivity index (χ1v) is 7.46. The van der Waals surface area contributed by atoms with E-state index in [1.165, 1.54) is 12.1 Å². The average molecular weight is 301 g/mol. The normalized spacial score (nSPS) is 22.3. The Hall–Kier alpha value is -2.17. The molecule has 1 fully saturated rings. The Labute approximate surface area is 129 Å². The largest absolute Gasteiger partial charge is 0.354 e. The van der Waals surface area contributed by atoms with Gasteiger partial charge in [0.15, 0.2) is 0 Å². The molecule has 2 aromatic rings. The third-order valence-corrected chi connectivity index (χ3v) is 4.68. The Kier molecular flexibility index (Phi) is 3.51. The molecule has 3 rings (SSSR count). The van der Waals surface area contributed by atoms with E-state index in [4.69, 9.17) is 0 Å². The van der Waals surface area contributed by atoms with Gasteiger partial charge in [0, 0.05) is 25.5 Å². The van der Waals surface area contributed by atoms with E-state index >= 15 is 0 Å². The van der Waals surface area contributed by atoms with Gasteiger partial charge in [0.25, 0.3) is 0 Å². The highest BCUT2D eigenvalue weighted by molar-refractivity contribution is 5.93. The van der Waals surface area contributed by atoms with E-state index in [0.29, 0.717) is 13.1 Å². The highest BCUT2D eigenvalue weighted by Crippen LogP contribution is 2.64. The van der Waals surface area contributed by atoms with Crippen molar-refractivity contribution in [2.45, 2.75) is 32.2 Å². The van der Waals surface area contributed by atoms with Gasteiger partial charge < -0.3 is 9.88 Å². The van der Waals surface area contributed by atoms with Crippen LogP contribution >= 0.6 is 0 Å². The maximum atomic E-state index is 13.1. The molecule has 1 N–H and O–H groups in total. The zero-order valence-corrected chi connectivity index (χ0v) is 12.8. The van der Waals surface area contributed by atoms with Crippen LogP contribution in [-0.2, 0) is 16.8 Å². The minimum Gasteiger partial charge on any atom is -0.354 e. The molecule has 1 aliphatic carbocycles. The monoisotopic (exact) mass is 301 g/mol. The van der Waals surface area contributed by atoms with Crippen LogP contribution in [0.15, 0.2) is 43.0 Å². The van der Waals surface area contributed by atoms with Gasteiger partial charge in [0.1, 0.15) is 5.82 Å². The Balaban J connectivity index is 1.71. The maximum absolute atomic E-state index is 13.1. The van der Waals surface area contributed by atoms with Gasteiger partial charge in [0.2, 0.25) is 5.91 Å². The molecule has 1 aromatic heterocycles. The van der Waals surface area contributed by atoms with E-state index in [1.807, 2.05) is 10.8 Å². The molecule has 0 aliphatic heterocycles. The highest BCUT2D eigenvalue weighted by Gasteiger charge is 2.66. The molecule has 1 aromatic carbocycles. The van der Waals surface area contributed by atoms with Gasteiger partial charge in [-0.1, -0.05) is 26.0 Å². The number of nitrogens with zero attached hydrogens (tertiary/aromatic N) is 2. The fourth-order valence-corrected chi connectivity index (χ4v) is 3.23. The van der Waals surface area contributed by atoms with Crippen molar-refractivity contribution in [2.24, 2.45) is 5.41 Å². The van der Waals surface area contributed by atoms with Crippen LogP contribution in [0.2, 0.25) is 0 Å². The first-order chi connectivity index (χ1) is 10.5. The topological polar surface area (TPSA) is 46.9 Å². The lowest BCUT2D eigenvalue weighted by atomic mass is 9.87. The lowest BCUT2D eigenvalue weighted by Gasteiger charge is -2.21. The molecule has 1 saturated carbocycles. The van der Waals surface area contributed by atoms with Crippen LogP contribution in [0, 0.1) is 11.2 Å². The minimum absolute atomic E-state index is 0.0178. The van der Waals surface area contributed by atoms with Crippen LogP contribution in [0.4, 0.5) is 4.39 Å². The van der Waals surface area contributed by atoms with Gasteiger partial charge in [-0.2, -0.15) is 0 Å². The molecular weight excluding hydrogens is 281 g/mol. The second kappa shape index (κ2) is 5.23. The molecule has 4 nitrogen and oxygen atoms in total. The van der Waals surface area contributed by atoms with Crippen molar-refractivity contribution in [2.75, 3.05) is 6.54 Å². The van der Waals surface area contributed by atoms with Gasteiger partial charge in [-0.05, 0) is 29.5 Å². The third-order valence-electron chi connectivity index (χ3n) is 4.68. The zero-order chi connectivity index (χ0) is 15.8. The number of carbonyl (C=O) groups excluding carboxylic acids is 1. The predicted molar refractivity (Wildman–Crippen MR) is 81.7 cm³/mol. The number of halogens is 1. The molecule has 0 saturated heterocycles. The third kappa shape index (κ3) is 2.40. The van der Waals surface area contributed by atoms with E-state index in [9.17, 15) is 9.18 Å². The van der Waals surface area contributed by atoms with Crippen LogP contribution in [0.3, 0.4) is 0 Å². The lowest BCUT2D eigenvalue weighted by Crippen LogP contribution is -2.39. The van der Waals surface area contributed by atoms with Crippen molar-refractivity contribution in [3.05, 3.63) is 54.4 Å². The van der Waals surface area contributed by atoms with Gasteiger partial charge in [-0.15, -0.1) is 0 Å². The first-order valence-electron chi connectivity index (χ1n) is 7.46. The van der Waals surface area contributed by atoms with Gasteiger partial charge >= 0.3 is 0 Å². The van der Waals surface area contributed by atoms with Crippen molar-refractivity contribution >= 4 is 5.91 Å². The maximum Gasteiger partial charge on any atom is 0.231 e. The quantitative estimate of drug-likeness (QED) is 0.922. The first kappa shape index (κ1) is 14.8. The van der Waals surface area contributed by atoms with E-state index < -0.39 is 5.41 Å². The van der Waals surface area contributed by atoms with Gasteiger partial charge in [-0.3, -0.25) is 4.79 Å². The van der Waals surface area contributed by atoms with Crippen molar-refractivity contribution in [1.29, 1.82) is 0 Å². The fourth-order valence-electron chi connectivity index (χ4n) is 3.23. The predicted octanol–water partition coefficient (Wildman–Crippen LogP) is 2.51. The van der Waals surface area contributed by atoms with Gasteiger partial charge in [0.05, 0.1) is 11.7 Å². The average Bonchev–Trinajstić information content (AvgIpc) is 2.86. The highest BCUT2D eigenvalue weighted by atomic mass is 19.1. The molecule has 1 amide bonds. The molecule has 1 aliphatic rings. The second-order valence-electron chi connectivity index (χ2n) is 6.53. The molecule has 0 radical (unpaired) electrons. The molecule has 1 unspecified atom stereocenters. The summed E-state index contributed by atoms with van der Waals surface area (Å²) in [5.74, 6) is -0.262. The summed E-state index contributed by atoms with van der Waals surface area (Å²) in [6, 6.07) is 6.29. The van der Waals surface area contributed by atoms with Crippen molar-refractivity contribution in [1.82, 2.24) is 14.9 Å². The van der Waals surface area contributed by atoms with Gasteiger partial charge in [-0.25, -0.2) is 9.37 Å². The van der Waals surface area contributed by atoms with E-state index in [2.05, 4.69) is 24.1 Å². The van der Waals surface area contributed by atoms with Crippen molar-refractivity contribution in [3.63, 3.8) is 0 Å². The number of hydrogen-bond acceptors (Lipinski definition) is 2. The van der Waals surface area contributed by atoms with Crippen LogP contribution in [-0.4, -0.2) is 22.0 Å². The fraction of sp³-hybridized carbons (Fsp3) is 0.412. The number of amides is 1. The summed E-state index contributed by atoms with van der Waals surface area (Å²) in [6.45, 7) is 5.39. The van der Waals surface area contributed by atoms with Crippen molar-refractivity contribution < 1.29 is 9.18 Å². The number of rotatable bonds is 5. The summed E-state index contributed by atoms with van der Waals surface area (Å²) in [7, 11) is 0. The molecule has 22 heavy (non-hydrogen) atoms. The number of carbonyl (C=O) groups is 1. The summed E-state index contributed by atoms with van der Waals surface area (Å²) in [5, 5.41) is 3.01. The Morgan fingerprint density at radius 1 is 1.36 bits per heavy atom. The SMILES string of the molecule is CC1(C)CC1(C(=O)NCCn1ccnc1)c1ccc(F)cc1. The number of nitrogens with one attached hydrogen (secondary N) is 1. The molecule has 1 atom stereocenters. The Morgan fingerprint density at radius 2 is 2.05 bits per heavy atom. The van der Waals surface area contributed by atoms with Crippen LogP contribution < -0.4 is 5.32 Å². The molecule has 1 heterocycles.